The summed E-state index contributed by atoms with van der Waals surface area (Å²) >= 11 is 0. The van der Waals surface area contributed by atoms with Crippen molar-refractivity contribution in [1.82, 2.24) is 5.32 Å². The summed E-state index contributed by atoms with van der Waals surface area (Å²) in [7, 11) is 0. The summed E-state index contributed by atoms with van der Waals surface area (Å²) in [5.74, 6) is -0.541. The minimum atomic E-state index is -4.48. The third kappa shape index (κ3) is 3.28. The van der Waals surface area contributed by atoms with Crippen LogP contribution in [-0.2, 0) is 17.4 Å². The highest BCUT2D eigenvalue weighted by Crippen LogP contribution is 2.36. The normalized spacial score (nSPS) is 17.2. The van der Waals surface area contributed by atoms with Gasteiger partial charge in [0, 0.05) is 12.1 Å². The summed E-state index contributed by atoms with van der Waals surface area (Å²) in [6.45, 7) is 0. The molecule has 1 atom stereocenters. The summed E-state index contributed by atoms with van der Waals surface area (Å²) in [5, 5.41) is 11.1. The second-order valence-corrected chi connectivity index (χ2v) is 5.55. The van der Waals surface area contributed by atoms with E-state index in [-0.39, 0.29) is 12.1 Å². The zero-order valence-electron chi connectivity index (χ0n) is 12.7. The van der Waals surface area contributed by atoms with Crippen molar-refractivity contribution in [1.29, 1.82) is 0 Å². The number of nitrogens with zero attached hydrogens (tertiary/aromatic N) is 1. The third-order valence-corrected chi connectivity index (χ3v) is 3.93. The number of carbonyl (C=O) groups excluding carboxylic acids is 1. The third-order valence-electron chi connectivity index (χ3n) is 3.93. The Balaban J connectivity index is 2.03. The van der Waals surface area contributed by atoms with Crippen LogP contribution in [0.15, 0.2) is 48.5 Å². The average molecular weight is 350 g/mol. The zero-order chi connectivity index (χ0) is 18.2. The van der Waals surface area contributed by atoms with Crippen LogP contribution in [0.1, 0.15) is 11.1 Å². The molecular weight excluding hydrogens is 337 g/mol. The maximum Gasteiger partial charge on any atom is 0.416 e. The van der Waals surface area contributed by atoms with Crippen LogP contribution >= 0.6 is 0 Å². The van der Waals surface area contributed by atoms with Gasteiger partial charge in [0.1, 0.15) is 6.04 Å². The van der Waals surface area contributed by atoms with E-state index in [0.717, 1.165) is 17.7 Å². The summed E-state index contributed by atoms with van der Waals surface area (Å²) in [6.07, 6.45) is -5.64. The maximum atomic E-state index is 12.7. The standard InChI is InChI=1S/C17H13F3N2O3/c18-17(19,20)11-5-7-12(8-6-11)22-14-4-2-1-3-10(14)9-13(15(22)23)21-16(24)25/h1-8,13,21H,9H2,(H,24,25). The van der Waals surface area contributed by atoms with Crippen molar-refractivity contribution in [3.8, 4) is 0 Å². The van der Waals surface area contributed by atoms with Gasteiger partial charge in [0.05, 0.1) is 11.3 Å². The van der Waals surface area contributed by atoms with Gasteiger partial charge >= 0.3 is 12.3 Å². The predicted molar refractivity (Wildman–Crippen MR) is 83.7 cm³/mol. The fourth-order valence-electron chi connectivity index (χ4n) is 2.81. The Bertz CT molecular complexity index is 819. The number of amides is 2. The first-order valence-electron chi connectivity index (χ1n) is 7.36. The highest BCUT2D eigenvalue weighted by Gasteiger charge is 2.35. The Hall–Kier alpha value is -3.03. The number of rotatable bonds is 2. The van der Waals surface area contributed by atoms with Crippen LogP contribution in [0.25, 0.3) is 0 Å². The van der Waals surface area contributed by atoms with E-state index in [9.17, 15) is 22.8 Å². The van der Waals surface area contributed by atoms with Gasteiger partial charge in [0.2, 0.25) is 0 Å². The first kappa shape index (κ1) is 16.8. The molecule has 1 heterocycles. The molecule has 5 nitrogen and oxygen atoms in total. The molecule has 1 aliphatic rings. The number of nitrogens with one attached hydrogen (secondary N) is 1. The number of fused-ring (bicyclic) bond motifs is 1. The molecule has 0 aliphatic carbocycles. The molecule has 130 valence electrons. The fraction of sp³-hybridized carbons (Fsp3) is 0.176. The van der Waals surface area contributed by atoms with Crippen LogP contribution in [0.3, 0.4) is 0 Å². The van der Waals surface area contributed by atoms with Crippen LogP contribution < -0.4 is 10.2 Å². The van der Waals surface area contributed by atoms with E-state index in [2.05, 4.69) is 5.32 Å². The molecule has 0 aromatic heterocycles. The average Bonchev–Trinajstić information content (AvgIpc) is 2.54. The van der Waals surface area contributed by atoms with E-state index in [1.165, 1.54) is 17.0 Å². The van der Waals surface area contributed by atoms with Crippen molar-refractivity contribution < 1.29 is 27.9 Å². The number of anilines is 2. The summed E-state index contributed by atoms with van der Waals surface area (Å²) in [6, 6.07) is 10.0. The lowest BCUT2D eigenvalue weighted by molar-refractivity contribution is -0.137. The van der Waals surface area contributed by atoms with Crippen molar-refractivity contribution in [3.63, 3.8) is 0 Å². The topological polar surface area (TPSA) is 69.6 Å². The van der Waals surface area contributed by atoms with Crippen molar-refractivity contribution in [2.75, 3.05) is 4.90 Å². The van der Waals surface area contributed by atoms with Gasteiger partial charge in [-0.2, -0.15) is 13.2 Å². The number of carbonyl (C=O) groups is 2. The lowest BCUT2D eigenvalue weighted by Crippen LogP contribution is -2.51. The van der Waals surface area contributed by atoms with Crippen LogP contribution in [0.5, 0.6) is 0 Å². The summed E-state index contributed by atoms with van der Waals surface area (Å²) in [4.78, 5) is 24.8. The first-order chi connectivity index (χ1) is 11.8. The number of alkyl halides is 3. The Morgan fingerprint density at radius 1 is 1.12 bits per heavy atom. The van der Waals surface area contributed by atoms with Crippen molar-refractivity contribution in [3.05, 3.63) is 59.7 Å². The summed E-state index contributed by atoms with van der Waals surface area (Å²) in [5.41, 5.74) is 0.660. The Labute approximate surface area is 140 Å². The molecule has 2 aromatic rings. The zero-order valence-corrected chi connectivity index (χ0v) is 12.7. The SMILES string of the molecule is O=C(O)NC1Cc2ccccc2N(c2ccc(C(F)(F)F)cc2)C1=O. The fourth-order valence-corrected chi connectivity index (χ4v) is 2.81. The van der Waals surface area contributed by atoms with E-state index < -0.39 is 29.8 Å². The van der Waals surface area contributed by atoms with Crippen LogP contribution in [0.2, 0.25) is 0 Å². The van der Waals surface area contributed by atoms with E-state index >= 15 is 0 Å². The van der Waals surface area contributed by atoms with E-state index in [1.54, 1.807) is 24.3 Å². The lowest BCUT2D eigenvalue weighted by Gasteiger charge is -2.34. The molecule has 0 radical (unpaired) electrons. The van der Waals surface area contributed by atoms with Gasteiger partial charge in [-0.1, -0.05) is 18.2 Å². The number of carboxylic acid groups (broad SMARTS) is 1. The van der Waals surface area contributed by atoms with E-state index in [0.29, 0.717) is 5.69 Å². The van der Waals surface area contributed by atoms with E-state index in [1.807, 2.05) is 0 Å². The molecule has 0 fully saturated rings. The predicted octanol–water partition coefficient (Wildman–Crippen LogP) is 3.56. The minimum absolute atomic E-state index is 0.179. The van der Waals surface area contributed by atoms with Gasteiger partial charge < -0.3 is 10.4 Å². The van der Waals surface area contributed by atoms with Crippen molar-refractivity contribution >= 4 is 23.4 Å². The second-order valence-electron chi connectivity index (χ2n) is 5.55. The molecular formula is C17H13F3N2O3. The monoisotopic (exact) mass is 350 g/mol. The van der Waals surface area contributed by atoms with Crippen molar-refractivity contribution in [2.24, 2.45) is 0 Å². The maximum absolute atomic E-state index is 12.7. The molecule has 2 amide bonds. The van der Waals surface area contributed by atoms with E-state index in [4.69, 9.17) is 5.11 Å². The molecule has 1 aliphatic heterocycles. The number of halogens is 3. The highest BCUT2D eigenvalue weighted by atomic mass is 19.4. The molecule has 0 spiro atoms. The van der Waals surface area contributed by atoms with Crippen molar-refractivity contribution in [2.45, 2.75) is 18.6 Å². The largest absolute Gasteiger partial charge is 0.465 e. The number of hydrogen-bond acceptors (Lipinski definition) is 2. The molecule has 0 bridgehead atoms. The van der Waals surface area contributed by atoms with Gasteiger partial charge in [-0.3, -0.25) is 9.69 Å². The molecule has 8 heteroatoms. The molecule has 3 rings (SSSR count). The van der Waals surface area contributed by atoms with Gasteiger partial charge in [-0.25, -0.2) is 4.79 Å². The minimum Gasteiger partial charge on any atom is -0.465 e. The molecule has 25 heavy (non-hydrogen) atoms. The first-order valence-corrected chi connectivity index (χ1v) is 7.36. The number of hydrogen-bond donors (Lipinski definition) is 2. The Morgan fingerprint density at radius 3 is 2.36 bits per heavy atom. The van der Waals surface area contributed by atoms with Crippen LogP contribution in [-0.4, -0.2) is 23.1 Å². The van der Waals surface area contributed by atoms with Crippen LogP contribution in [0.4, 0.5) is 29.3 Å². The molecule has 0 saturated heterocycles. The quantitative estimate of drug-likeness (QED) is 0.870. The molecule has 1 unspecified atom stereocenters. The molecule has 2 N–H and O–H groups in total. The smallest absolute Gasteiger partial charge is 0.416 e. The van der Waals surface area contributed by atoms with Gasteiger partial charge in [0.25, 0.3) is 5.91 Å². The lowest BCUT2D eigenvalue weighted by atomic mass is 9.96. The second kappa shape index (κ2) is 6.12. The van der Waals surface area contributed by atoms with Gasteiger partial charge in [-0.05, 0) is 35.9 Å². The Kier molecular flexibility index (Phi) is 4.12. The van der Waals surface area contributed by atoms with Gasteiger partial charge in [0.15, 0.2) is 0 Å². The molecule has 0 saturated carbocycles. The number of para-hydroxylation sites is 1. The van der Waals surface area contributed by atoms with Crippen LogP contribution in [0, 0.1) is 0 Å². The number of benzene rings is 2. The highest BCUT2D eigenvalue weighted by molar-refractivity contribution is 6.07. The van der Waals surface area contributed by atoms with Gasteiger partial charge in [-0.15, -0.1) is 0 Å². The molecule has 2 aromatic carbocycles. The summed E-state index contributed by atoms with van der Waals surface area (Å²) < 4.78 is 38.2. The Morgan fingerprint density at radius 2 is 1.76 bits per heavy atom.